The molecule has 0 saturated carbocycles. The van der Waals surface area contributed by atoms with Crippen LogP contribution in [0.5, 0.6) is 0 Å². The average Bonchev–Trinajstić information content (AvgIpc) is 2.49. The van der Waals surface area contributed by atoms with Crippen LogP contribution in [0.25, 0.3) is 0 Å². The Morgan fingerprint density at radius 3 is 2.52 bits per heavy atom. The van der Waals surface area contributed by atoms with Crippen LogP contribution in [0, 0.1) is 0 Å². The lowest BCUT2D eigenvalue weighted by Gasteiger charge is -2.12. The number of rotatable bonds is 4. The van der Waals surface area contributed by atoms with Crippen LogP contribution < -0.4 is 10.6 Å². The van der Waals surface area contributed by atoms with Gasteiger partial charge in [0.1, 0.15) is 0 Å². The highest BCUT2D eigenvalue weighted by Gasteiger charge is 2.30. The number of hydrogen-bond donors (Lipinski definition) is 2. The van der Waals surface area contributed by atoms with E-state index < -0.39 is 11.7 Å². The zero-order valence-electron chi connectivity index (χ0n) is 12.0. The summed E-state index contributed by atoms with van der Waals surface area (Å²) in [6.07, 6.45) is -3.90. The van der Waals surface area contributed by atoms with Gasteiger partial charge in [0.15, 0.2) is 5.11 Å². The Labute approximate surface area is 142 Å². The first-order chi connectivity index (χ1) is 10.9. The molecule has 0 bridgehead atoms. The highest BCUT2D eigenvalue weighted by Crippen LogP contribution is 2.29. The highest BCUT2D eigenvalue weighted by molar-refractivity contribution is 7.80. The lowest BCUT2D eigenvalue weighted by atomic mass is 10.1. The first-order valence-corrected chi connectivity index (χ1v) is 7.60. The Morgan fingerprint density at radius 2 is 1.83 bits per heavy atom. The molecule has 0 fully saturated rings. The number of anilines is 1. The van der Waals surface area contributed by atoms with Crippen molar-refractivity contribution in [2.45, 2.75) is 12.6 Å². The lowest BCUT2D eigenvalue weighted by molar-refractivity contribution is -0.137. The zero-order chi connectivity index (χ0) is 16.9. The number of nitrogens with one attached hydrogen (secondary N) is 2. The molecule has 0 heterocycles. The maximum Gasteiger partial charge on any atom is 0.416 e. The van der Waals surface area contributed by atoms with Gasteiger partial charge in [0, 0.05) is 6.54 Å². The Kier molecular flexibility index (Phi) is 5.85. The van der Waals surface area contributed by atoms with E-state index in [1.165, 1.54) is 6.07 Å². The molecule has 0 amide bonds. The average molecular weight is 359 g/mol. The fourth-order valence-corrected chi connectivity index (χ4v) is 2.35. The Morgan fingerprint density at radius 1 is 1.09 bits per heavy atom. The number of alkyl halides is 3. The van der Waals surface area contributed by atoms with Crippen molar-refractivity contribution in [3.05, 3.63) is 64.7 Å². The van der Waals surface area contributed by atoms with Crippen molar-refractivity contribution in [1.82, 2.24) is 5.32 Å². The predicted octanol–water partition coefficient (Wildman–Crippen LogP) is 4.89. The van der Waals surface area contributed by atoms with Crippen molar-refractivity contribution >= 4 is 34.6 Å². The third-order valence-corrected chi connectivity index (χ3v) is 3.65. The Bertz CT molecular complexity index is 689. The second-order valence-electron chi connectivity index (χ2n) is 4.81. The first-order valence-electron chi connectivity index (χ1n) is 6.82. The molecule has 122 valence electrons. The van der Waals surface area contributed by atoms with Crippen molar-refractivity contribution in [1.29, 1.82) is 0 Å². The summed E-state index contributed by atoms with van der Waals surface area (Å²) < 4.78 is 37.9. The van der Waals surface area contributed by atoms with Gasteiger partial charge in [-0.15, -0.1) is 0 Å². The quantitative estimate of drug-likeness (QED) is 0.761. The SMILES string of the molecule is FC(F)(F)c1cccc(CCNC(=S)Nc2ccccc2Cl)c1. The highest BCUT2D eigenvalue weighted by atomic mass is 35.5. The first kappa shape index (κ1) is 17.6. The summed E-state index contributed by atoms with van der Waals surface area (Å²) in [6, 6.07) is 12.4. The van der Waals surface area contributed by atoms with E-state index in [1.807, 2.05) is 6.07 Å². The second kappa shape index (κ2) is 7.66. The van der Waals surface area contributed by atoms with Gasteiger partial charge in [-0.25, -0.2) is 0 Å². The lowest BCUT2D eigenvalue weighted by Crippen LogP contribution is -2.30. The van der Waals surface area contributed by atoms with Gasteiger partial charge in [-0.1, -0.05) is 41.9 Å². The molecule has 0 radical (unpaired) electrons. The number of halogens is 4. The summed E-state index contributed by atoms with van der Waals surface area (Å²) >= 11 is 11.1. The number of para-hydroxylation sites is 1. The van der Waals surface area contributed by atoms with Crippen LogP contribution in [0.3, 0.4) is 0 Å². The number of thiocarbonyl (C=S) groups is 1. The molecule has 2 rings (SSSR count). The summed E-state index contributed by atoms with van der Waals surface area (Å²) in [5.74, 6) is 0. The van der Waals surface area contributed by atoms with Crippen molar-refractivity contribution in [3.8, 4) is 0 Å². The van der Waals surface area contributed by atoms with Gasteiger partial charge in [0.05, 0.1) is 16.3 Å². The molecule has 2 nitrogen and oxygen atoms in total. The summed E-state index contributed by atoms with van der Waals surface area (Å²) in [6.45, 7) is 0.414. The minimum absolute atomic E-state index is 0.366. The van der Waals surface area contributed by atoms with Gasteiger partial charge in [0.2, 0.25) is 0 Å². The minimum Gasteiger partial charge on any atom is -0.362 e. The molecule has 0 atom stereocenters. The smallest absolute Gasteiger partial charge is 0.362 e. The van der Waals surface area contributed by atoms with E-state index in [0.717, 1.165) is 12.1 Å². The molecule has 0 aromatic heterocycles. The normalized spacial score (nSPS) is 11.1. The van der Waals surface area contributed by atoms with Gasteiger partial charge in [-0.05, 0) is 42.4 Å². The molecule has 0 aliphatic carbocycles. The third kappa shape index (κ3) is 5.41. The number of benzene rings is 2. The Balaban J connectivity index is 1.85. The fourth-order valence-electron chi connectivity index (χ4n) is 1.95. The summed E-state index contributed by atoms with van der Waals surface area (Å²) in [7, 11) is 0. The maximum atomic E-state index is 12.6. The largest absolute Gasteiger partial charge is 0.416 e. The van der Waals surface area contributed by atoms with Gasteiger partial charge in [0.25, 0.3) is 0 Å². The van der Waals surface area contributed by atoms with Gasteiger partial charge >= 0.3 is 6.18 Å². The predicted molar refractivity (Wildman–Crippen MR) is 90.8 cm³/mol. The van der Waals surface area contributed by atoms with E-state index in [9.17, 15) is 13.2 Å². The van der Waals surface area contributed by atoms with Crippen LogP contribution in [0.1, 0.15) is 11.1 Å². The van der Waals surface area contributed by atoms with E-state index >= 15 is 0 Å². The van der Waals surface area contributed by atoms with E-state index in [0.29, 0.717) is 34.4 Å². The molecule has 0 saturated heterocycles. The monoisotopic (exact) mass is 358 g/mol. The maximum absolute atomic E-state index is 12.6. The molecule has 7 heteroatoms. The van der Waals surface area contributed by atoms with E-state index in [4.69, 9.17) is 23.8 Å². The van der Waals surface area contributed by atoms with Crippen LogP contribution in [0.4, 0.5) is 18.9 Å². The topological polar surface area (TPSA) is 24.1 Å². The summed E-state index contributed by atoms with van der Waals surface area (Å²) in [5.41, 5.74) is 0.616. The molecular formula is C16H14ClF3N2S. The van der Waals surface area contributed by atoms with Crippen molar-refractivity contribution in [2.75, 3.05) is 11.9 Å². The van der Waals surface area contributed by atoms with Crippen LogP contribution in [0.15, 0.2) is 48.5 Å². The standard InChI is InChI=1S/C16H14ClF3N2S/c17-13-6-1-2-7-14(13)22-15(23)21-9-8-11-4-3-5-12(10-11)16(18,19)20/h1-7,10H,8-9H2,(H2,21,22,23). The molecular weight excluding hydrogens is 345 g/mol. The second-order valence-corrected chi connectivity index (χ2v) is 5.62. The molecule has 0 unspecified atom stereocenters. The minimum atomic E-state index is -4.33. The van der Waals surface area contributed by atoms with Crippen LogP contribution in [-0.2, 0) is 12.6 Å². The molecule has 2 aromatic rings. The molecule has 0 aliphatic heterocycles. The van der Waals surface area contributed by atoms with Crippen LogP contribution in [0.2, 0.25) is 5.02 Å². The number of hydrogen-bond acceptors (Lipinski definition) is 1. The molecule has 2 aromatic carbocycles. The van der Waals surface area contributed by atoms with Gasteiger partial charge in [-0.2, -0.15) is 13.2 Å². The summed E-state index contributed by atoms with van der Waals surface area (Å²) in [5, 5.41) is 6.79. The molecule has 0 aliphatic rings. The van der Waals surface area contributed by atoms with Crippen LogP contribution in [-0.4, -0.2) is 11.7 Å². The van der Waals surface area contributed by atoms with Crippen molar-refractivity contribution in [3.63, 3.8) is 0 Å². The summed E-state index contributed by atoms with van der Waals surface area (Å²) in [4.78, 5) is 0. The van der Waals surface area contributed by atoms with E-state index in [1.54, 1.807) is 24.3 Å². The van der Waals surface area contributed by atoms with Crippen molar-refractivity contribution in [2.24, 2.45) is 0 Å². The van der Waals surface area contributed by atoms with Crippen LogP contribution >= 0.6 is 23.8 Å². The van der Waals surface area contributed by atoms with Gasteiger partial charge < -0.3 is 10.6 Å². The molecule has 2 N–H and O–H groups in total. The molecule has 23 heavy (non-hydrogen) atoms. The van der Waals surface area contributed by atoms with E-state index in [2.05, 4.69) is 10.6 Å². The third-order valence-electron chi connectivity index (χ3n) is 3.08. The zero-order valence-corrected chi connectivity index (χ0v) is 13.5. The van der Waals surface area contributed by atoms with Crippen molar-refractivity contribution < 1.29 is 13.2 Å². The fraction of sp³-hybridized carbons (Fsp3) is 0.188. The molecule has 0 spiro atoms. The Hall–Kier alpha value is -1.79. The van der Waals surface area contributed by atoms with Gasteiger partial charge in [-0.3, -0.25) is 0 Å². The van der Waals surface area contributed by atoms with E-state index in [-0.39, 0.29) is 0 Å².